The van der Waals surface area contributed by atoms with E-state index in [4.69, 9.17) is 21.7 Å². The minimum Gasteiger partial charge on any atom is -0.497 e. The molecule has 2 aromatic rings. The van der Waals surface area contributed by atoms with Gasteiger partial charge in [0.15, 0.2) is 5.11 Å². The molecular weight excluding hydrogens is 448 g/mol. The van der Waals surface area contributed by atoms with Crippen molar-refractivity contribution in [2.24, 2.45) is 0 Å². The summed E-state index contributed by atoms with van der Waals surface area (Å²) in [6.45, 7) is 4.80. The van der Waals surface area contributed by atoms with Crippen molar-refractivity contribution in [3.05, 3.63) is 40.3 Å². The Kier molecular flexibility index (Phi) is 7.57. The number of carbonyl (C=O) groups excluding carboxylic acids is 2. The number of piperazine rings is 1. The number of rotatable bonds is 5. The summed E-state index contributed by atoms with van der Waals surface area (Å²) in [6, 6.07) is 7.99. The molecule has 1 aliphatic heterocycles. The van der Waals surface area contributed by atoms with Gasteiger partial charge in [-0.15, -0.1) is 11.3 Å². The molecule has 1 saturated heterocycles. The molecule has 3 rings (SSSR count). The normalized spacial score (nSPS) is 13.5. The van der Waals surface area contributed by atoms with E-state index in [9.17, 15) is 9.59 Å². The molecule has 0 atom stereocenters. The largest absolute Gasteiger partial charge is 0.497 e. The van der Waals surface area contributed by atoms with Gasteiger partial charge in [0.25, 0.3) is 5.91 Å². The third kappa shape index (κ3) is 4.97. The summed E-state index contributed by atoms with van der Waals surface area (Å²) in [6.07, 6.45) is 0. The molecule has 0 aliphatic carbocycles. The summed E-state index contributed by atoms with van der Waals surface area (Å²) >= 11 is 6.86. The maximum Gasteiger partial charge on any atom is 0.341 e. The number of nitrogens with zero attached hydrogens (tertiary/aromatic N) is 3. The van der Waals surface area contributed by atoms with E-state index in [-0.39, 0.29) is 5.91 Å². The van der Waals surface area contributed by atoms with Crippen LogP contribution in [0.1, 0.15) is 25.6 Å². The van der Waals surface area contributed by atoms with Gasteiger partial charge in [0.05, 0.1) is 24.7 Å². The van der Waals surface area contributed by atoms with E-state index in [1.54, 1.807) is 28.1 Å². The third-order valence-electron chi connectivity index (χ3n) is 5.34. The van der Waals surface area contributed by atoms with E-state index in [1.165, 1.54) is 23.3 Å². The number of anilines is 2. The molecule has 8 nitrogen and oxygen atoms in total. The lowest BCUT2D eigenvalue weighted by atomic mass is 10.1. The summed E-state index contributed by atoms with van der Waals surface area (Å²) in [5, 5.41) is 4.24. The number of amides is 1. The van der Waals surface area contributed by atoms with Crippen molar-refractivity contribution in [2.75, 3.05) is 64.7 Å². The first-order valence-electron chi connectivity index (χ1n) is 10.1. The van der Waals surface area contributed by atoms with Gasteiger partial charge in [-0.1, -0.05) is 6.07 Å². The van der Waals surface area contributed by atoms with Gasteiger partial charge in [-0.25, -0.2) is 4.79 Å². The lowest BCUT2D eigenvalue weighted by molar-refractivity contribution is 0.0601. The van der Waals surface area contributed by atoms with Crippen molar-refractivity contribution in [3.8, 4) is 5.75 Å². The van der Waals surface area contributed by atoms with Crippen LogP contribution in [0.5, 0.6) is 5.75 Å². The van der Waals surface area contributed by atoms with Gasteiger partial charge in [0.1, 0.15) is 10.8 Å². The van der Waals surface area contributed by atoms with Crippen LogP contribution in [0.2, 0.25) is 0 Å². The van der Waals surface area contributed by atoms with Crippen LogP contribution in [-0.4, -0.2) is 81.3 Å². The maximum atomic E-state index is 12.5. The second-order valence-electron chi connectivity index (χ2n) is 7.56. The SMILES string of the molecule is COC(=O)c1c(NC(=S)N2CCN(c3cccc(OC)c3)CC2)sc(C(=O)N(C)C)c1C. The first kappa shape index (κ1) is 23.8. The maximum absolute atomic E-state index is 12.5. The van der Waals surface area contributed by atoms with E-state index in [0.29, 0.717) is 26.1 Å². The van der Waals surface area contributed by atoms with Crippen LogP contribution >= 0.6 is 23.6 Å². The summed E-state index contributed by atoms with van der Waals surface area (Å²) in [5.41, 5.74) is 2.05. The number of benzene rings is 1. The molecule has 1 aliphatic rings. The minimum atomic E-state index is -0.496. The predicted octanol–water partition coefficient (Wildman–Crippen LogP) is 3.07. The van der Waals surface area contributed by atoms with E-state index < -0.39 is 5.97 Å². The number of hydrogen-bond acceptors (Lipinski definition) is 7. The van der Waals surface area contributed by atoms with Crippen LogP contribution < -0.4 is 15.0 Å². The molecule has 1 fully saturated rings. The van der Waals surface area contributed by atoms with Crippen LogP contribution in [0, 0.1) is 6.92 Å². The molecule has 32 heavy (non-hydrogen) atoms. The van der Waals surface area contributed by atoms with Crippen molar-refractivity contribution in [2.45, 2.75) is 6.92 Å². The Bertz CT molecular complexity index is 1010. The van der Waals surface area contributed by atoms with Crippen LogP contribution in [0.3, 0.4) is 0 Å². The van der Waals surface area contributed by atoms with Crippen molar-refractivity contribution < 1.29 is 19.1 Å². The van der Waals surface area contributed by atoms with E-state index in [2.05, 4.69) is 21.2 Å². The molecule has 1 aromatic carbocycles. The topological polar surface area (TPSA) is 74.4 Å². The summed E-state index contributed by atoms with van der Waals surface area (Å²) in [5.74, 6) is 0.168. The standard InChI is InChI=1S/C22H28N4O4S2/c1-14-17(21(28)30-5)19(32-18(14)20(27)24(2)3)23-22(31)26-11-9-25(10-12-26)15-7-6-8-16(13-15)29-4/h6-8,13H,9-12H2,1-5H3,(H,23,31). The molecule has 0 radical (unpaired) electrons. The molecule has 10 heteroatoms. The molecule has 1 amide bonds. The number of esters is 1. The summed E-state index contributed by atoms with van der Waals surface area (Å²) < 4.78 is 10.3. The Hall–Kier alpha value is -2.85. The Labute approximate surface area is 197 Å². The van der Waals surface area contributed by atoms with Gasteiger partial charge in [-0.2, -0.15) is 0 Å². The molecule has 2 heterocycles. The van der Waals surface area contributed by atoms with Gasteiger partial charge in [-0.3, -0.25) is 4.79 Å². The Morgan fingerprint density at radius 3 is 2.44 bits per heavy atom. The number of carbonyl (C=O) groups is 2. The zero-order valence-electron chi connectivity index (χ0n) is 18.9. The first-order chi connectivity index (χ1) is 15.3. The third-order valence-corrected chi connectivity index (χ3v) is 6.90. The van der Waals surface area contributed by atoms with Gasteiger partial charge in [0.2, 0.25) is 0 Å². The van der Waals surface area contributed by atoms with Gasteiger partial charge in [0, 0.05) is 52.0 Å². The predicted molar refractivity (Wildman–Crippen MR) is 131 cm³/mol. The molecule has 0 unspecified atom stereocenters. The highest BCUT2D eigenvalue weighted by molar-refractivity contribution is 7.80. The van der Waals surface area contributed by atoms with Crippen LogP contribution in [0.25, 0.3) is 0 Å². The lowest BCUT2D eigenvalue weighted by Gasteiger charge is -2.37. The number of thiocarbonyl (C=S) groups is 1. The second-order valence-corrected chi connectivity index (χ2v) is 8.96. The molecule has 1 aromatic heterocycles. The quantitative estimate of drug-likeness (QED) is 0.521. The Morgan fingerprint density at radius 2 is 1.84 bits per heavy atom. The van der Waals surface area contributed by atoms with E-state index in [1.807, 2.05) is 18.2 Å². The van der Waals surface area contributed by atoms with Gasteiger partial charge >= 0.3 is 5.97 Å². The second kappa shape index (κ2) is 10.2. The zero-order chi connectivity index (χ0) is 23.4. The van der Waals surface area contributed by atoms with Crippen molar-refractivity contribution in [3.63, 3.8) is 0 Å². The van der Waals surface area contributed by atoms with Crippen LogP contribution in [-0.2, 0) is 4.74 Å². The fraction of sp³-hybridized carbons (Fsp3) is 0.409. The number of methoxy groups -OCH3 is 2. The number of ether oxygens (including phenoxy) is 2. The fourth-order valence-corrected chi connectivity index (χ4v) is 5.07. The molecule has 172 valence electrons. The number of nitrogens with one attached hydrogen (secondary N) is 1. The molecule has 0 bridgehead atoms. The summed E-state index contributed by atoms with van der Waals surface area (Å²) in [4.78, 5) is 31.3. The average Bonchev–Trinajstić information content (AvgIpc) is 3.13. The van der Waals surface area contributed by atoms with Crippen LogP contribution in [0.15, 0.2) is 24.3 Å². The van der Waals surface area contributed by atoms with E-state index >= 15 is 0 Å². The average molecular weight is 477 g/mol. The van der Waals surface area contributed by atoms with Crippen molar-refractivity contribution in [1.82, 2.24) is 9.80 Å². The first-order valence-corrected chi connectivity index (χ1v) is 11.4. The van der Waals surface area contributed by atoms with Crippen molar-refractivity contribution >= 4 is 51.2 Å². The van der Waals surface area contributed by atoms with Crippen molar-refractivity contribution in [1.29, 1.82) is 0 Å². The molecule has 0 saturated carbocycles. The van der Waals surface area contributed by atoms with Crippen LogP contribution in [0.4, 0.5) is 10.7 Å². The lowest BCUT2D eigenvalue weighted by Crippen LogP contribution is -2.50. The molecular formula is C22H28N4O4S2. The highest BCUT2D eigenvalue weighted by Crippen LogP contribution is 2.34. The zero-order valence-corrected chi connectivity index (χ0v) is 20.6. The number of hydrogen-bond donors (Lipinski definition) is 1. The van der Waals surface area contributed by atoms with Gasteiger partial charge < -0.3 is 29.5 Å². The Balaban J connectivity index is 1.72. The fourth-order valence-electron chi connectivity index (χ4n) is 3.51. The molecule has 0 spiro atoms. The number of thiophene rings is 1. The highest BCUT2D eigenvalue weighted by atomic mass is 32.1. The monoisotopic (exact) mass is 476 g/mol. The highest BCUT2D eigenvalue weighted by Gasteiger charge is 2.28. The Morgan fingerprint density at radius 1 is 1.16 bits per heavy atom. The van der Waals surface area contributed by atoms with E-state index in [0.717, 1.165) is 37.6 Å². The van der Waals surface area contributed by atoms with Gasteiger partial charge in [-0.05, 0) is 36.8 Å². The molecule has 1 N–H and O–H groups in total. The minimum absolute atomic E-state index is 0.163. The summed E-state index contributed by atoms with van der Waals surface area (Å²) in [7, 11) is 6.35. The smallest absolute Gasteiger partial charge is 0.341 e.